The molecule has 0 aliphatic rings. The van der Waals surface area contributed by atoms with Crippen molar-refractivity contribution in [2.75, 3.05) is 0 Å². The molecule has 0 amide bonds. The van der Waals surface area contributed by atoms with Crippen LogP contribution < -0.4 is 5.48 Å². The van der Waals surface area contributed by atoms with E-state index in [1.165, 1.54) is 11.1 Å². The first-order chi connectivity index (χ1) is 8.09. The summed E-state index contributed by atoms with van der Waals surface area (Å²) in [4.78, 5) is 5.59. The molecule has 18 heavy (non-hydrogen) atoms. The molecule has 1 rings (SSSR count). The SMILES string of the molecule is CC(NOC(C)(C)C)c1ccc(C(C)(C)C)cc1. The maximum atomic E-state index is 5.59. The number of nitrogens with one attached hydrogen (secondary N) is 1. The van der Waals surface area contributed by atoms with E-state index >= 15 is 0 Å². The Morgan fingerprint density at radius 2 is 1.44 bits per heavy atom. The van der Waals surface area contributed by atoms with E-state index in [1.807, 2.05) is 20.8 Å². The van der Waals surface area contributed by atoms with E-state index in [9.17, 15) is 0 Å². The van der Waals surface area contributed by atoms with Gasteiger partial charge in [0.05, 0.1) is 11.6 Å². The van der Waals surface area contributed by atoms with Crippen molar-refractivity contribution in [1.29, 1.82) is 0 Å². The fourth-order valence-electron chi connectivity index (χ4n) is 1.61. The molecule has 0 bridgehead atoms. The van der Waals surface area contributed by atoms with E-state index in [2.05, 4.69) is 57.4 Å². The van der Waals surface area contributed by atoms with Crippen LogP contribution in [0, 0.1) is 0 Å². The van der Waals surface area contributed by atoms with Crippen molar-refractivity contribution in [2.24, 2.45) is 0 Å². The van der Waals surface area contributed by atoms with Crippen LogP contribution in [0.3, 0.4) is 0 Å². The van der Waals surface area contributed by atoms with Crippen LogP contribution in [0.25, 0.3) is 0 Å². The maximum absolute atomic E-state index is 5.59. The van der Waals surface area contributed by atoms with Gasteiger partial charge < -0.3 is 0 Å². The van der Waals surface area contributed by atoms with Crippen LogP contribution in [0.1, 0.15) is 65.6 Å². The van der Waals surface area contributed by atoms with Crippen LogP contribution >= 0.6 is 0 Å². The normalized spacial score (nSPS) is 14.6. The average molecular weight is 249 g/mol. The van der Waals surface area contributed by atoms with Crippen LogP contribution in [0.15, 0.2) is 24.3 Å². The Balaban J connectivity index is 2.68. The molecule has 0 spiro atoms. The molecule has 1 N–H and O–H groups in total. The summed E-state index contributed by atoms with van der Waals surface area (Å²) in [6.45, 7) is 14.9. The Labute approximate surface area is 112 Å². The molecule has 1 unspecified atom stereocenters. The molecule has 0 saturated heterocycles. The monoisotopic (exact) mass is 249 g/mol. The van der Waals surface area contributed by atoms with Gasteiger partial charge in [-0.2, -0.15) is 5.48 Å². The highest BCUT2D eigenvalue weighted by atomic mass is 16.7. The molecule has 0 radical (unpaired) electrons. The van der Waals surface area contributed by atoms with Gasteiger partial charge in [-0.3, -0.25) is 4.84 Å². The minimum absolute atomic E-state index is 0.167. The summed E-state index contributed by atoms with van der Waals surface area (Å²) in [7, 11) is 0. The van der Waals surface area contributed by atoms with Crippen molar-refractivity contribution in [2.45, 2.75) is 65.5 Å². The zero-order valence-electron chi connectivity index (χ0n) is 12.8. The molecule has 0 aliphatic heterocycles. The Morgan fingerprint density at radius 3 is 1.83 bits per heavy atom. The van der Waals surface area contributed by atoms with Gasteiger partial charge in [0, 0.05) is 0 Å². The van der Waals surface area contributed by atoms with Gasteiger partial charge in [0.2, 0.25) is 0 Å². The van der Waals surface area contributed by atoms with Gasteiger partial charge >= 0.3 is 0 Å². The molecule has 0 aliphatic carbocycles. The molecule has 0 heterocycles. The van der Waals surface area contributed by atoms with Crippen LogP contribution in [0.5, 0.6) is 0 Å². The second-order valence-electron chi connectivity index (χ2n) is 6.93. The highest BCUT2D eigenvalue weighted by Crippen LogP contribution is 2.24. The topological polar surface area (TPSA) is 21.3 Å². The lowest BCUT2D eigenvalue weighted by atomic mass is 9.86. The lowest BCUT2D eigenvalue weighted by Crippen LogP contribution is -2.31. The van der Waals surface area contributed by atoms with Crippen molar-refractivity contribution in [3.8, 4) is 0 Å². The van der Waals surface area contributed by atoms with Gasteiger partial charge in [0.1, 0.15) is 0 Å². The van der Waals surface area contributed by atoms with Crippen molar-refractivity contribution in [3.63, 3.8) is 0 Å². The van der Waals surface area contributed by atoms with Crippen LogP contribution in [0.4, 0.5) is 0 Å². The number of rotatable bonds is 3. The third-order valence-electron chi connectivity index (χ3n) is 2.82. The van der Waals surface area contributed by atoms with Gasteiger partial charge in [-0.05, 0) is 44.2 Å². The molecule has 102 valence electrons. The summed E-state index contributed by atoms with van der Waals surface area (Å²) >= 11 is 0. The summed E-state index contributed by atoms with van der Waals surface area (Å²) < 4.78 is 0. The second kappa shape index (κ2) is 5.41. The standard InChI is InChI=1S/C16H27NO/c1-12(17-18-16(5,6)7)13-8-10-14(11-9-13)15(2,3)4/h8-12,17H,1-7H3. The minimum atomic E-state index is -0.167. The van der Waals surface area contributed by atoms with E-state index in [1.54, 1.807) is 0 Å². The minimum Gasteiger partial charge on any atom is -0.296 e. The van der Waals surface area contributed by atoms with Crippen molar-refractivity contribution >= 4 is 0 Å². The van der Waals surface area contributed by atoms with Gasteiger partial charge in [-0.1, -0.05) is 45.0 Å². The molecule has 0 fully saturated rings. The van der Waals surface area contributed by atoms with Gasteiger partial charge in [0.15, 0.2) is 0 Å². The molecule has 0 saturated carbocycles. The highest BCUT2D eigenvalue weighted by Gasteiger charge is 2.16. The van der Waals surface area contributed by atoms with Gasteiger partial charge in [0.25, 0.3) is 0 Å². The predicted octanol–water partition coefficient (Wildman–Crippen LogP) is 4.36. The largest absolute Gasteiger partial charge is 0.296 e. The Bertz CT molecular complexity index is 368. The number of hydrogen-bond donors (Lipinski definition) is 1. The highest BCUT2D eigenvalue weighted by molar-refractivity contribution is 5.28. The summed E-state index contributed by atoms with van der Waals surface area (Å²) in [5.41, 5.74) is 5.73. The molecule has 2 nitrogen and oxygen atoms in total. The van der Waals surface area contributed by atoms with Crippen molar-refractivity contribution in [3.05, 3.63) is 35.4 Å². The predicted molar refractivity (Wildman–Crippen MR) is 77.5 cm³/mol. The Kier molecular flexibility index (Phi) is 4.57. The average Bonchev–Trinajstić information content (AvgIpc) is 2.24. The van der Waals surface area contributed by atoms with Gasteiger partial charge in [-0.25, -0.2) is 0 Å². The van der Waals surface area contributed by atoms with Crippen molar-refractivity contribution < 1.29 is 4.84 Å². The second-order valence-corrected chi connectivity index (χ2v) is 6.93. The number of hydroxylamine groups is 1. The van der Waals surface area contributed by atoms with E-state index in [0.717, 1.165) is 0 Å². The Morgan fingerprint density at radius 1 is 0.944 bits per heavy atom. The first-order valence-corrected chi connectivity index (χ1v) is 6.63. The maximum Gasteiger partial charge on any atom is 0.0813 e. The third kappa shape index (κ3) is 4.79. The molecular formula is C16H27NO. The van der Waals surface area contributed by atoms with E-state index < -0.39 is 0 Å². The lowest BCUT2D eigenvalue weighted by molar-refractivity contribution is -0.0866. The fraction of sp³-hybridized carbons (Fsp3) is 0.625. The van der Waals surface area contributed by atoms with E-state index in [0.29, 0.717) is 0 Å². The first-order valence-electron chi connectivity index (χ1n) is 6.63. The smallest absolute Gasteiger partial charge is 0.0813 e. The van der Waals surface area contributed by atoms with E-state index in [-0.39, 0.29) is 17.1 Å². The first kappa shape index (κ1) is 15.2. The summed E-state index contributed by atoms with van der Waals surface area (Å²) in [6.07, 6.45) is 0. The Hall–Kier alpha value is -0.860. The zero-order chi connectivity index (χ0) is 14.0. The molecule has 2 heteroatoms. The number of hydrogen-bond acceptors (Lipinski definition) is 2. The van der Waals surface area contributed by atoms with Crippen LogP contribution in [-0.2, 0) is 10.3 Å². The van der Waals surface area contributed by atoms with Crippen LogP contribution in [0.2, 0.25) is 0 Å². The fourth-order valence-corrected chi connectivity index (χ4v) is 1.61. The van der Waals surface area contributed by atoms with Crippen LogP contribution in [-0.4, -0.2) is 5.60 Å². The van der Waals surface area contributed by atoms with Gasteiger partial charge in [-0.15, -0.1) is 0 Å². The third-order valence-corrected chi connectivity index (χ3v) is 2.82. The number of benzene rings is 1. The lowest BCUT2D eigenvalue weighted by Gasteiger charge is -2.24. The zero-order valence-corrected chi connectivity index (χ0v) is 12.8. The summed E-state index contributed by atoms with van der Waals surface area (Å²) in [5, 5.41) is 0. The molecular weight excluding hydrogens is 222 g/mol. The van der Waals surface area contributed by atoms with E-state index in [4.69, 9.17) is 4.84 Å². The molecule has 1 aromatic carbocycles. The molecule has 1 atom stereocenters. The summed E-state index contributed by atoms with van der Waals surface area (Å²) in [6, 6.07) is 8.93. The molecule has 0 aromatic heterocycles. The summed E-state index contributed by atoms with van der Waals surface area (Å²) in [5.74, 6) is 0. The molecule has 1 aromatic rings. The quantitative estimate of drug-likeness (QED) is 0.803. The van der Waals surface area contributed by atoms with Crippen molar-refractivity contribution in [1.82, 2.24) is 5.48 Å².